The van der Waals surface area contributed by atoms with Crippen LogP contribution >= 0.6 is 0 Å². The molecule has 24 heavy (non-hydrogen) atoms. The van der Waals surface area contributed by atoms with E-state index < -0.39 is 8.32 Å². The maximum absolute atomic E-state index is 6.76. The standard InChI is InChI=1S/C22H31OSi/c1-21(2,3)17-18-23-24(22(4,5)6,19-13-9-7-10-14-19)20-15-11-8-12-16-20/h7-16,18H,17H2,1-6H3. The molecule has 2 heteroatoms. The molecule has 0 atom stereocenters. The number of rotatable bonds is 5. The number of benzene rings is 2. The summed E-state index contributed by atoms with van der Waals surface area (Å²) in [7, 11) is -2.40. The molecule has 0 heterocycles. The zero-order valence-electron chi connectivity index (χ0n) is 16.0. The third-order valence-electron chi connectivity index (χ3n) is 4.37. The van der Waals surface area contributed by atoms with Crippen molar-refractivity contribution in [3.8, 4) is 0 Å². The molecule has 0 fully saturated rings. The van der Waals surface area contributed by atoms with Crippen molar-refractivity contribution >= 4 is 18.7 Å². The molecule has 0 unspecified atom stereocenters. The number of hydrogen-bond acceptors (Lipinski definition) is 1. The topological polar surface area (TPSA) is 9.23 Å². The van der Waals surface area contributed by atoms with E-state index in [1.165, 1.54) is 10.4 Å². The first-order valence-corrected chi connectivity index (χ1v) is 10.7. The highest BCUT2D eigenvalue weighted by Crippen LogP contribution is 2.38. The first kappa shape index (κ1) is 18.9. The summed E-state index contributed by atoms with van der Waals surface area (Å²) in [6, 6.07) is 21.6. The molecule has 0 aliphatic rings. The summed E-state index contributed by atoms with van der Waals surface area (Å²) in [5.41, 5.74) is 0.228. The summed E-state index contributed by atoms with van der Waals surface area (Å²) in [6.45, 7) is 15.7. The lowest BCUT2D eigenvalue weighted by atomic mass is 9.93. The molecule has 0 aromatic heterocycles. The Balaban J connectivity index is 2.53. The van der Waals surface area contributed by atoms with E-state index in [0.717, 1.165) is 6.42 Å². The second kappa shape index (κ2) is 7.24. The first-order chi connectivity index (χ1) is 11.2. The third-order valence-corrected chi connectivity index (χ3v) is 9.30. The Morgan fingerprint density at radius 3 is 1.50 bits per heavy atom. The zero-order chi connectivity index (χ0) is 17.8. The summed E-state index contributed by atoms with van der Waals surface area (Å²) in [6.07, 6.45) is 0.942. The van der Waals surface area contributed by atoms with Crippen LogP contribution in [0.4, 0.5) is 0 Å². The van der Waals surface area contributed by atoms with Crippen molar-refractivity contribution in [2.45, 2.75) is 53.0 Å². The van der Waals surface area contributed by atoms with Crippen molar-refractivity contribution in [3.63, 3.8) is 0 Å². The van der Waals surface area contributed by atoms with Gasteiger partial charge in [-0.15, -0.1) is 0 Å². The Hall–Kier alpha value is -1.38. The molecule has 2 rings (SSSR count). The van der Waals surface area contributed by atoms with Crippen molar-refractivity contribution in [3.05, 3.63) is 67.3 Å². The summed E-state index contributed by atoms with van der Waals surface area (Å²) in [5.74, 6) is 0. The van der Waals surface area contributed by atoms with Crippen LogP contribution in [-0.2, 0) is 4.43 Å². The van der Waals surface area contributed by atoms with Crippen LogP contribution in [0.1, 0.15) is 48.0 Å². The van der Waals surface area contributed by atoms with E-state index in [1.807, 2.05) is 0 Å². The van der Waals surface area contributed by atoms with Gasteiger partial charge in [-0.1, -0.05) is 102 Å². The largest absolute Gasteiger partial charge is 0.402 e. The molecule has 0 bridgehead atoms. The van der Waals surface area contributed by atoms with Crippen molar-refractivity contribution in [1.29, 1.82) is 0 Å². The Kier molecular flexibility index (Phi) is 5.72. The molecule has 0 N–H and O–H groups in total. The van der Waals surface area contributed by atoms with Crippen LogP contribution in [0.2, 0.25) is 5.04 Å². The summed E-state index contributed by atoms with van der Waals surface area (Å²) in [5, 5.41) is 2.69. The molecule has 2 aromatic rings. The fourth-order valence-electron chi connectivity index (χ4n) is 3.11. The predicted octanol–water partition coefficient (Wildman–Crippen LogP) is 5.16. The molecular weight excluding hydrogens is 308 g/mol. The molecule has 0 amide bonds. The van der Waals surface area contributed by atoms with Gasteiger partial charge in [0.15, 0.2) is 0 Å². The van der Waals surface area contributed by atoms with Crippen LogP contribution in [-0.4, -0.2) is 8.32 Å². The van der Waals surface area contributed by atoms with Gasteiger partial charge in [0.1, 0.15) is 0 Å². The number of hydrogen-bond donors (Lipinski definition) is 0. The van der Waals surface area contributed by atoms with E-state index in [-0.39, 0.29) is 10.5 Å². The van der Waals surface area contributed by atoms with E-state index >= 15 is 0 Å². The lowest BCUT2D eigenvalue weighted by Gasteiger charge is -2.43. The molecule has 0 aliphatic carbocycles. The minimum absolute atomic E-state index is 0.0318. The monoisotopic (exact) mass is 339 g/mol. The van der Waals surface area contributed by atoms with Gasteiger partial charge in [-0.2, -0.15) is 0 Å². The maximum atomic E-state index is 6.76. The molecule has 129 valence electrons. The maximum Gasteiger partial charge on any atom is 0.261 e. The Morgan fingerprint density at radius 2 is 1.17 bits per heavy atom. The lowest BCUT2D eigenvalue weighted by Crippen LogP contribution is -2.66. The summed E-state index contributed by atoms with van der Waals surface area (Å²) in [4.78, 5) is 0. The van der Waals surface area contributed by atoms with Crippen LogP contribution in [0.3, 0.4) is 0 Å². The Bertz CT molecular complexity index is 581. The molecule has 1 nitrogen and oxygen atoms in total. The molecular formula is C22H31OSi. The van der Waals surface area contributed by atoms with Gasteiger partial charge in [0.2, 0.25) is 0 Å². The minimum Gasteiger partial charge on any atom is -0.402 e. The average molecular weight is 340 g/mol. The van der Waals surface area contributed by atoms with Gasteiger partial charge in [-0.3, -0.25) is 0 Å². The van der Waals surface area contributed by atoms with Gasteiger partial charge in [-0.05, 0) is 27.2 Å². The van der Waals surface area contributed by atoms with Crippen LogP contribution in [0.25, 0.3) is 0 Å². The molecule has 0 saturated heterocycles. The van der Waals surface area contributed by atoms with Gasteiger partial charge >= 0.3 is 0 Å². The van der Waals surface area contributed by atoms with Gasteiger partial charge in [0.05, 0.1) is 6.61 Å². The summed E-state index contributed by atoms with van der Waals surface area (Å²) < 4.78 is 6.76. The highest BCUT2D eigenvalue weighted by molar-refractivity contribution is 6.99. The zero-order valence-corrected chi connectivity index (χ0v) is 17.0. The van der Waals surface area contributed by atoms with E-state index in [4.69, 9.17) is 4.43 Å². The predicted molar refractivity (Wildman–Crippen MR) is 107 cm³/mol. The first-order valence-electron chi connectivity index (χ1n) is 8.77. The Morgan fingerprint density at radius 1 is 0.750 bits per heavy atom. The minimum atomic E-state index is -2.40. The molecule has 0 saturated carbocycles. The van der Waals surface area contributed by atoms with Crippen molar-refractivity contribution in [1.82, 2.24) is 0 Å². The van der Waals surface area contributed by atoms with Crippen LogP contribution in [0, 0.1) is 12.0 Å². The van der Waals surface area contributed by atoms with Gasteiger partial charge in [0, 0.05) is 0 Å². The van der Waals surface area contributed by atoms with Crippen molar-refractivity contribution < 1.29 is 4.43 Å². The second-order valence-electron chi connectivity index (χ2n) is 8.71. The van der Waals surface area contributed by atoms with Gasteiger partial charge in [-0.25, -0.2) is 0 Å². The summed E-state index contributed by atoms with van der Waals surface area (Å²) >= 11 is 0. The van der Waals surface area contributed by atoms with Gasteiger partial charge in [0.25, 0.3) is 8.32 Å². The molecule has 2 aromatic carbocycles. The normalized spacial score (nSPS) is 13.1. The van der Waals surface area contributed by atoms with Crippen LogP contribution in [0.15, 0.2) is 60.7 Å². The fraction of sp³-hybridized carbons (Fsp3) is 0.409. The van der Waals surface area contributed by atoms with Gasteiger partial charge < -0.3 is 4.43 Å². The SMILES string of the molecule is CC(C)(C)C[CH]O[Si](c1ccccc1)(c1ccccc1)C(C)(C)C. The average Bonchev–Trinajstić information content (AvgIpc) is 2.51. The van der Waals surface area contributed by atoms with Crippen LogP contribution < -0.4 is 10.4 Å². The highest BCUT2D eigenvalue weighted by atomic mass is 28.4. The molecule has 0 aliphatic heterocycles. The molecule has 0 spiro atoms. The lowest BCUT2D eigenvalue weighted by molar-refractivity contribution is 0.295. The Labute approximate surface area is 149 Å². The van der Waals surface area contributed by atoms with E-state index in [9.17, 15) is 0 Å². The molecule has 1 radical (unpaired) electrons. The highest BCUT2D eigenvalue weighted by Gasteiger charge is 2.50. The van der Waals surface area contributed by atoms with E-state index in [1.54, 1.807) is 0 Å². The quantitative estimate of drug-likeness (QED) is 0.684. The smallest absolute Gasteiger partial charge is 0.261 e. The van der Waals surface area contributed by atoms with Crippen molar-refractivity contribution in [2.75, 3.05) is 0 Å². The van der Waals surface area contributed by atoms with E-state index in [0.29, 0.717) is 0 Å². The third kappa shape index (κ3) is 4.17. The van der Waals surface area contributed by atoms with Crippen molar-refractivity contribution in [2.24, 2.45) is 5.41 Å². The second-order valence-corrected chi connectivity index (χ2v) is 13.0. The van der Waals surface area contributed by atoms with Crippen LogP contribution in [0.5, 0.6) is 0 Å². The van der Waals surface area contributed by atoms with E-state index in [2.05, 4.69) is 109 Å². The fourth-order valence-corrected chi connectivity index (χ4v) is 7.46.